The van der Waals surface area contributed by atoms with Crippen LogP contribution in [-0.4, -0.2) is 11.9 Å². The van der Waals surface area contributed by atoms with Crippen molar-refractivity contribution in [3.63, 3.8) is 0 Å². The number of carbonyl (C=O) groups is 1. The van der Waals surface area contributed by atoms with Crippen molar-refractivity contribution in [2.24, 2.45) is 5.73 Å². The highest BCUT2D eigenvalue weighted by Gasteiger charge is 2.17. The summed E-state index contributed by atoms with van der Waals surface area (Å²) in [7, 11) is 0. The summed E-state index contributed by atoms with van der Waals surface area (Å²) < 4.78 is 0. The zero-order valence-electron chi connectivity index (χ0n) is 9.63. The van der Waals surface area contributed by atoms with Crippen LogP contribution in [0, 0.1) is 25.2 Å². The number of aryl methyl sites for hydroxylation is 1. The van der Waals surface area contributed by atoms with Gasteiger partial charge in [0, 0.05) is 4.88 Å². The Morgan fingerprint density at radius 3 is 2.75 bits per heavy atom. The Labute approximate surface area is 99.1 Å². The van der Waals surface area contributed by atoms with Crippen LogP contribution in [0.1, 0.15) is 29.3 Å². The maximum atomic E-state index is 11.6. The molecule has 0 aliphatic heterocycles. The minimum atomic E-state index is -0.519. The third-order valence-corrected chi connectivity index (χ3v) is 3.63. The fourth-order valence-corrected chi connectivity index (χ4v) is 2.25. The molecular formula is C11H15N3OS. The SMILES string of the molecule is CC[C@@H](N)C(=O)Nc1sc(C)c(C)c1C#N. The van der Waals surface area contributed by atoms with Gasteiger partial charge in [0.15, 0.2) is 0 Å². The van der Waals surface area contributed by atoms with Crippen LogP contribution in [0.2, 0.25) is 0 Å². The van der Waals surface area contributed by atoms with Crippen molar-refractivity contribution < 1.29 is 4.79 Å². The molecule has 0 aliphatic carbocycles. The van der Waals surface area contributed by atoms with Crippen molar-refractivity contribution in [2.75, 3.05) is 5.32 Å². The molecule has 1 atom stereocenters. The molecule has 16 heavy (non-hydrogen) atoms. The van der Waals surface area contributed by atoms with Crippen molar-refractivity contribution in [1.29, 1.82) is 5.26 Å². The number of anilines is 1. The Balaban J connectivity index is 2.95. The Morgan fingerprint density at radius 2 is 2.25 bits per heavy atom. The standard InChI is InChI=1S/C11H15N3OS/c1-4-9(13)10(15)14-11-8(5-12)6(2)7(3)16-11/h9H,4,13H2,1-3H3,(H,14,15)/t9-/m1/s1. The lowest BCUT2D eigenvalue weighted by atomic mass is 10.2. The van der Waals surface area contributed by atoms with Gasteiger partial charge in [-0.25, -0.2) is 0 Å². The summed E-state index contributed by atoms with van der Waals surface area (Å²) in [6, 6.07) is 1.58. The zero-order valence-corrected chi connectivity index (χ0v) is 10.4. The highest BCUT2D eigenvalue weighted by atomic mass is 32.1. The third-order valence-electron chi connectivity index (χ3n) is 2.51. The molecule has 0 fully saturated rings. The molecule has 0 saturated heterocycles. The Bertz CT molecular complexity index is 445. The van der Waals surface area contributed by atoms with Gasteiger partial charge in [-0.3, -0.25) is 4.79 Å². The largest absolute Gasteiger partial charge is 0.320 e. The molecule has 0 spiro atoms. The number of nitriles is 1. The van der Waals surface area contributed by atoms with Crippen LogP contribution in [0.25, 0.3) is 0 Å². The molecule has 0 radical (unpaired) electrons. The normalized spacial score (nSPS) is 11.9. The lowest BCUT2D eigenvalue weighted by molar-refractivity contribution is -0.117. The first-order valence-corrected chi connectivity index (χ1v) is 5.89. The molecule has 1 rings (SSSR count). The van der Waals surface area contributed by atoms with Crippen LogP contribution in [0.15, 0.2) is 0 Å². The van der Waals surface area contributed by atoms with Crippen LogP contribution >= 0.6 is 11.3 Å². The summed E-state index contributed by atoms with van der Waals surface area (Å²) in [5.74, 6) is -0.236. The second-order valence-electron chi connectivity index (χ2n) is 3.60. The molecule has 0 unspecified atom stereocenters. The van der Waals surface area contributed by atoms with E-state index in [1.54, 1.807) is 0 Å². The monoisotopic (exact) mass is 237 g/mol. The highest BCUT2D eigenvalue weighted by molar-refractivity contribution is 7.16. The topological polar surface area (TPSA) is 78.9 Å². The van der Waals surface area contributed by atoms with Crippen LogP contribution in [-0.2, 0) is 4.79 Å². The van der Waals surface area contributed by atoms with E-state index in [1.807, 2.05) is 20.8 Å². The number of amides is 1. The van der Waals surface area contributed by atoms with Gasteiger partial charge in [-0.2, -0.15) is 5.26 Å². The first-order valence-electron chi connectivity index (χ1n) is 5.07. The molecule has 1 aromatic rings. The van der Waals surface area contributed by atoms with Gasteiger partial charge in [-0.05, 0) is 25.8 Å². The van der Waals surface area contributed by atoms with E-state index in [2.05, 4.69) is 11.4 Å². The number of nitrogens with zero attached hydrogens (tertiary/aromatic N) is 1. The van der Waals surface area contributed by atoms with Crippen LogP contribution < -0.4 is 11.1 Å². The fourth-order valence-electron chi connectivity index (χ4n) is 1.24. The van der Waals surface area contributed by atoms with E-state index in [9.17, 15) is 4.79 Å². The minimum absolute atomic E-state index is 0.236. The fraction of sp³-hybridized carbons (Fsp3) is 0.455. The summed E-state index contributed by atoms with van der Waals surface area (Å²) in [6.07, 6.45) is 0.580. The second-order valence-corrected chi connectivity index (χ2v) is 4.83. The molecule has 0 saturated carbocycles. The number of rotatable bonds is 3. The molecule has 1 aromatic heterocycles. The molecule has 4 nitrogen and oxygen atoms in total. The molecule has 5 heteroatoms. The first kappa shape index (κ1) is 12.7. The van der Waals surface area contributed by atoms with E-state index >= 15 is 0 Å². The van der Waals surface area contributed by atoms with E-state index in [0.717, 1.165) is 10.4 Å². The summed E-state index contributed by atoms with van der Waals surface area (Å²) >= 11 is 1.41. The van der Waals surface area contributed by atoms with Crippen molar-refractivity contribution >= 4 is 22.2 Å². The van der Waals surface area contributed by atoms with Crippen LogP contribution in [0.4, 0.5) is 5.00 Å². The van der Waals surface area contributed by atoms with E-state index in [0.29, 0.717) is 17.0 Å². The number of hydrogen-bond donors (Lipinski definition) is 2. The molecule has 3 N–H and O–H groups in total. The Kier molecular flexibility index (Phi) is 4.05. The van der Waals surface area contributed by atoms with Crippen molar-refractivity contribution in [3.8, 4) is 6.07 Å². The maximum absolute atomic E-state index is 11.6. The van der Waals surface area contributed by atoms with E-state index in [4.69, 9.17) is 11.0 Å². The number of carbonyl (C=O) groups excluding carboxylic acids is 1. The van der Waals surface area contributed by atoms with Gasteiger partial charge in [0.05, 0.1) is 11.6 Å². The molecular weight excluding hydrogens is 222 g/mol. The second kappa shape index (κ2) is 5.10. The van der Waals surface area contributed by atoms with Crippen molar-refractivity contribution in [2.45, 2.75) is 33.2 Å². The van der Waals surface area contributed by atoms with Crippen molar-refractivity contribution in [3.05, 3.63) is 16.0 Å². The van der Waals surface area contributed by atoms with Gasteiger partial charge >= 0.3 is 0 Å². The van der Waals surface area contributed by atoms with Gasteiger partial charge in [0.25, 0.3) is 0 Å². The van der Waals surface area contributed by atoms with E-state index < -0.39 is 6.04 Å². The average molecular weight is 237 g/mol. The summed E-state index contributed by atoms with van der Waals surface area (Å²) in [6.45, 7) is 5.65. The number of hydrogen-bond acceptors (Lipinski definition) is 4. The predicted molar refractivity (Wildman–Crippen MR) is 65.4 cm³/mol. The smallest absolute Gasteiger partial charge is 0.241 e. The number of nitrogens with two attached hydrogens (primary N) is 1. The molecule has 1 amide bonds. The lowest BCUT2D eigenvalue weighted by Gasteiger charge is -2.08. The highest BCUT2D eigenvalue weighted by Crippen LogP contribution is 2.31. The average Bonchev–Trinajstić information content (AvgIpc) is 2.53. The van der Waals surface area contributed by atoms with Gasteiger partial charge in [0.2, 0.25) is 5.91 Å². The molecule has 0 bridgehead atoms. The summed E-state index contributed by atoms with van der Waals surface area (Å²) in [5, 5.41) is 12.3. The minimum Gasteiger partial charge on any atom is -0.320 e. The van der Waals surface area contributed by atoms with E-state index in [1.165, 1.54) is 11.3 Å². The number of nitrogens with one attached hydrogen (secondary N) is 1. The van der Waals surface area contributed by atoms with Gasteiger partial charge in [-0.15, -0.1) is 11.3 Å². The lowest BCUT2D eigenvalue weighted by Crippen LogP contribution is -2.34. The Hall–Kier alpha value is -1.38. The quantitative estimate of drug-likeness (QED) is 0.842. The van der Waals surface area contributed by atoms with Gasteiger partial charge in [0.1, 0.15) is 11.1 Å². The van der Waals surface area contributed by atoms with Crippen molar-refractivity contribution in [1.82, 2.24) is 0 Å². The molecule has 1 heterocycles. The molecule has 86 valence electrons. The summed E-state index contributed by atoms with van der Waals surface area (Å²) in [5.41, 5.74) is 7.08. The molecule has 0 aromatic carbocycles. The van der Waals surface area contributed by atoms with Crippen LogP contribution in [0.3, 0.4) is 0 Å². The van der Waals surface area contributed by atoms with Crippen LogP contribution in [0.5, 0.6) is 0 Å². The predicted octanol–water partition coefficient (Wildman–Crippen LogP) is 1.91. The van der Waals surface area contributed by atoms with E-state index in [-0.39, 0.29) is 5.91 Å². The van der Waals surface area contributed by atoms with Gasteiger partial charge in [-0.1, -0.05) is 6.92 Å². The Morgan fingerprint density at radius 1 is 1.62 bits per heavy atom. The number of thiophene rings is 1. The zero-order chi connectivity index (χ0) is 12.3. The van der Waals surface area contributed by atoms with Gasteiger partial charge < -0.3 is 11.1 Å². The first-order chi connectivity index (χ1) is 7.51. The maximum Gasteiger partial charge on any atom is 0.241 e. The molecule has 0 aliphatic rings. The third kappa shape index (κ3) is 2.40. The summed E-state index contributed by atoms with van der Waals surface area (Å²) in [4.78, 5) is 12.6.